The molecule has 2 N–H and O–H groups in total. The number of thioether (sulfide) groups is 1. The van der Waals surface area contributed by atoms with Crippen LogP contribution in [0.5, 0.6) is 0 Å². The summed E-state index contributed by atoms with van der Waals surface area (Å²) < 4.78 is 40.5. The maximum atomic E-state index is 13.1. The third kappa shape index (κ3) is 5.99. The van der Waals surface area contributed by atoms with Crippen LogP contribution in [0.1, 0.15) is 6.92 Å². The zero-order chi connectivity index (χ0) is 23.4. The molecule has 1 amide bonds. The minimum atomic E-state index is -3.60. The highest BCUT2D eigenvalue weighted by Crippen LogP contribution is 2.29. The van der Waals surface area contributed by atoms with Crippen molar-refractivity contribution in [2.45, 2.75) is 21.3 Å². The van der Waals surface area contributed by atoms with Gasteiger partial charge < -0.3 is 5.32 Å². The van der Waals surface area contributed by atoms with Crippen LogP contribution < -0.4 is 10.0 Å². The second-order valence-electron chi connectivity index (χ2n) is 6.86. The minimum Gasteiger partial charge on any atom is -0.301 e. The van der Waals surface area contributed by atoms with Gasteiger partial charge in [-0.15, -0.1) is 34.4 Å². The number of benzene rings is 2. The molecule has 6 nitrogen and oxygen atoms in total. The summed E-state index contributed by atoms with van der Waals surface area (Å²) in [6.45, 7) is 1.78. The first-order valence-corrected chi connectivity index (χ1v) is 13.8. The fraction of sp³-hybridized carbons (Fsp3) is 0.0909. The average Bonchev–Trinajstić information content (AvgIpc) is 3.48. The first-order valence-electron chi connectivity index (χ1n) is 9.65. The Balaban J connectivity index is 1.34. The number of hydrogen-bond donors (Lipinski definition) is 2. The van der Waals surface area contributed by atoms with Crippen LogP contribution in [-0.4, -0.2) is 24.6 Å². The van der Waals surface area contributed by atoms with Crippen LogP contribution >= 0.6 is 34.4 Å². The third-order valence-corrected chi connectivity index (χ3v) is 9.07. The maximum Gasteiger partial charge on any atom is 0.271 e. The maximum absolute atomic E-state index is 13.1. The van der Waals surface area contributed by atoms with Crippen LogP contribution in [-0.2, 0) is 14.8 Å². The number of anilines is 2. The number of thiophene rings is 1. The molecular weight excluding hydrogens is 502 g/mol. The Morgan fingerprint density at radius 2 is 1.79 bits per heavy atom. The Kier molecular flexibility index (Phi) is 7.13. The molecule has 0 aliphatic carbocycles. The molecule has 0 bridgehead atoms. The average molecular weight is 520 g/mol. The number of carbonyl (C=O) groups excluding carboxylic acids is 1. The quantitative estimate of drug-likeness (QED) is 0.282. The largest absolute Gasteiger partial charge is 0.301 e. The van der Waals surface area contributed by atoms with Gasteiger partial charge in [-0.1, -0.05) is 6.07 Å². The number of carbonyl (C=O) groups is 1. The summed E-state index contributed by atoms with van der Waals surface area (Å²) in [5.74, 6) is -0.524. The number of sulfonamides is 1. The van der Waals surface area contributed by atoms with E-state index in [1.165, 1.54) is 35.2 Å². The molecule has 11 heteroatoms. The van der Waals surface area contributed by atoms with Gasteiger partial charge in [-0.25, -0.2) is 17.8 Å². The Bertz CT molecular complexity index is 1340. The molecule has 1 atom stereocenters. The molecule has 0 radical (unpaired) electrons. The van der Waals surface area contributed by atoms with Crippen LogP contribution in [0.2, 0.25) is 0 Å². The van der Waals surface area contributed by atoms with E-state index in [9.17, 15) is 17.6 Å². The number of nitrogens with zero attached hydrogens (tertiary/aromatic N) is 1. The lowest BCUT2D eigenvalue weighted by molar-refractivity contribution is -0.115. The SMILES string of the molecule is CC(Sc1ccc(NS(=O)(=O)c2cccs2)cc1)C(=O)Nc1nc(-c2ccc(F)cc2)cs1. The Hall–Kier alpha value is -2.73. The minimum absolute atomic E-state index is 0.206. The summed E-state index contributed by atoms with van der Waals surface area (Å²) in [7, 11) is -3.60. The smallest absolute Gasteiger partial charge is 0.271 e. The standard InChI is InChI=1S/C22H18FN3O3S4/c1-14(21(27)25-22-24-19(13-31-22)15-4-6-16(23)7-5-15)32-18-10-8-17(9-11-18)26-33(28,29)20-3-2-12-30-20/h2-14,26H,1H3,(H,24,25,27). The summed E-state index contributed by atoms with van der Waals surface area (Å²) >= 11 is 3.79. The van der Waals surface area contributed by atoms with Gasteiger partial charge in [-0.3, -0.25) is 9.52 Å². The highest BCUT2D eigenvalue weighted by molar-refractivity contribution is 8.00. The summed E-state index contributed by atoms with van der Waals surface area (Å²) in [5, 5.41) is 6.37. The third-order valence-electron chi connectivity index (χ3n) is 4.42. The van der Waals surface area contributed by atoms with E-state index in [-0.39, 0.29) is 15.9 Å². The van der Waals surface area contributed by atoms with Gasteiger partial charge in [-0.2, -0.15) is 0 Å². The number of aromatic nitrogens is 1. The van der Waals surface area contributed by atoms with Gasteiger partial charge >= 0.3 is 0 Å². The number of thiazole rings is 1. The topological polar surface area (TPSA) is 88.2 Å². The van der Waals surface area contributed by atoms with Crippen molar-refractivity contribution in [1.82, 2.24) is 4.98 Å². The number of halogens is 1. The molecule has 0 aliphatic rings. The van der Waals surface area contributed by atoms with Crippen molar-refractivity contribution in [1.29, 1.82) is 0 Å². The highest BCUT2D eigenvalue weighted by atomic mass is 32.2. The molecule has 170 valence electrons. The zero-order valence-corrected chi connectivity index (χ0v) is 20.5. The molecule has 2 aromatic heterocycles. The fourth-order valence-electron chi connectivity index (χ4n) is 2.77. The van der Waals surface area contributed by atoms with Crippen molar-refractivity contribution in [2.75, 3.05) is 10.0 Å². The van der Waals surface area contributed by atoms with Gasteiger partial charge in [0.05, 0.1) is 10.9 Å². The van der Waals surface area contributed by atoms with Crippen LogP contribution in [0.4, 0.5) is 15.2 Å². The Labute approximate surface area is 203 Å². The van der Waals surface area contributed by atoms with Crippen LogP contribution in [0.15, 0.2) is 80.5 Å². The van der Waals surface area contributed by atoms with Crippen molar-refractivity contribution in [3.05, 3.63) is 77.2 Å². The molecule has 0 fully saturated rings. The van der Waals surface area contributed by atoms with E-state index < -0.39 is 15.3 Å². The second-order valence-corrected chi connectivity index (χ2v) is 12.0. The van der Waals surface area contributed by atoms with E-state index in [1.807, 2.05) is 0 Å². The highest BCUT2D eigenvalue weighted by Gasteiger charge is 2.18. The Morgan fingerprint density at radius 1 is 1.06 bits per heavy atom. The molecule has 0 aliphatic heterocycles. The number of hydrogen-bond acceptors (Lipinski definition) is 7. The van der Waals surface area contributed by atoms with E-state index >= 15 is 0 Å². The van der Waals surface area contributed by atoms with Crippen molar-refractivity contribution < 1.29 is 17.6 Å². The Morgan fingerprint density at radius 3 is 2.45 bits per heavy atom. The molecule has 0 spiro atoms. The van der Waals surface area contributed by atoms with Crippen LogP contribution in [0.3, 0.4) is 0 Å². The van der Waals surface area contributed by atoms with Gasteiger partial charge in [0.15, 0.2) is 5.13 Å². The van der Waals surface area contributed by atoms with Gasteiger partial charge in [-0.05, 0) is 66.9 Å². The number of amides is 1. The van der Waals surface area contributed by atoms with E-state index in [1.54, 1.807) is 66.2 Å². The van der Waals surface area contributed by atoms with E-state index in [0.29, 0.717) is 16.5 Å². The second kappa shape index (κ2) is 10.0. The molecule has 4 rings (SSSR count). The lowest BCUT2D eigenvalue weighted by Crippen LogP contribution is -2.22. The number of nitrogens with one attached hydrogen (secondary N) is 2. The first-order chi connectivity index (χ1) is 15.8. The van der Waals surface area contributed by atoms with Crippen molar-refractivity contribution in [3.8, 4) is 11.3 Å². The normalized spacial score (nSPS) is 12.3. The van der Waals surface area contributed by atoms with E-state index in [2.05, 4.69) is 15.0 Å². The molecule has 1 unspecified atom stereocenters. The molecule has 2 aromatic carbocycles. The molecule has 0 saturated carbocycles. The summed E-state index contributed by atoms with van der Waals surface area (Å²) in [6.07, 6.45) is 0. The number of rotatable bonds is 8. The van der Waals surface area contributed by atoms with Crippen LogP contribution in [0, 0.1) is 5.82 Å². The molecule has 2 heterocycles. The molecule has 0 saturated heterocycles. The lowest BCUT2D eigenvalue weighted by atomic mass is 10.2. The van der Waals surface area contributed by atoms with Gasteiger partial charge in [0.1, 0.15) is 10.0 Å². The van der Waals surface area contributed by atoms with E-state index in [0.717, 1.165) is 21.8 Å². The predicted octanol–water partition coefficient (Wildman–Crippen LogP) is 5.93. The van der Waals surface area contributed by atoms with Crippen molar-refractivity contribution in [2.24, 2.45) is 0 Å². The van der Waals surface area contributed by atoms with Gasteiger partial charge in [0.25, 0.3) is 10.0 Å². The predicted molar refractivity (Wildman–Crippen MR) is 133 cm³/mol. The van der Waals surface area contributed by atoms with Crippen molar-refractivity contribution in [3.63, 3.8) is 0 Å². The first kappa shape index (κ1) is 23.4. The summed E-state index contributed by atoms with van der Waals surface area (Å²) in [4.78, 5) is 17.8. The van der Waals surface area contributed by atoms with Gasteiger partial charge in [0.2, 0.25) is 5.91 Å². The fourth-order valence-corrected chi connectivity index (χ4v) is 6.41. The van der Waals surface area contributed by atoms with Gasteiger partial charge in [0, 0.05) is 21.5 Å². The van der Waals surface area contributed by atoms with E-state index in [4.69, 9.17) is 0 Å². The summed E-state index contributed by atoms with van der Waals surface area (Å²) in [6, 6.07) is 16.1. The van der Waals surface area contributed by atoms with Crippen molar-refractivity contribution >= 4 is 61.2 Å². The molecule has 4 aromatic rings. The molecule has 33 heavy (non-hydrogen) atoms. The monoisotopic (exact) mass is 519 g/mol. The zero-order valence-electron chi connectivity index (χ0n) is 17.2. The van der Waals surface area contributed by atoms with Crippen LogP contribution in [0.25, 0.3) is 11.3 Å². The molecular formula is C22H18FN3O3S4. The lowest BCUT2D eigenvalue weighted by Gasteiger charge is -2.11. The summed E-state index contributed by atoms with van der Waals surface area (Å²) in [5.41, 5.74) is 1.88.